The lowest BCUT2D eigenvalue weighted by Crippen LogP contribution is -2.03. The van der Waals surface area contributed by atoms with Crippen LogP contribution in [0.4, 0.5) is 0 Å². The Labute approximate surface area is 99.5 Å². The highest BCUT2D eigenvalue weighted by Gasteiger charge is 2.04. The molecule has 0 fully saturated rings. The second-order valence-electron chi connectivity index (χ2n) is 3.55. The fourth-order valence-electron chi connectivity index (χ4n) is 1.46. The van der Waals surface area contributed by atoms with Gasteiger partial charge in [0.05, 0.1) is 12.7 Å². The molecule has 0 atom stereocenters. The second-order valence-corrected chi connectivity index (χ2v) is 3.99. The first-order valence-electron chi connectivity index (χ1n) is 5.10. The largest absolute Gasteiger partial charge is 0.444 e. The van der Waals surface area contributed by atoms with E-state index in [1.807, 2.05) is 31.3 Å². The Morgan fingerprint density at radius 3 is 2.75 bits per heavy atom. The van der Waals surface area contributed by atoms with Gasteiger partial charge >= 0.3 is 0 Å². The standard InChI is InChI=1S/C12H13ClN2O/c1-14-7-11-8-15-12(16-11)6-9-2-4-10(13)5-3-9/h2-5,8,14H,6-7H2,1H3. The number of hydrogen-bond acceptors (Lipinski definition) is 3. The lowest BCUT2D eigenvalue weighted by atomic mass is 10.1. The van der Waals surface area contributed by atoms with Gasteiger partial charge in [-0.05, 0) is 24.7 Å². The van der Waals surface area contributed by atoms with Crippen molar-refractivity contribution in [2.24, 2.45) is 0 Å². The van der Waals surface area contributed by atoms with Crippen LogP contribution in [0.15, 0.2) is 34.9 Å². The minimum atomic E-state index is 0.695. The van der Waals surface area contributed by atoms with E-state index in [1.165, 1.54) is 0 Å². The Hall–Kier alpha value is -1.32. The highest BCUT2D eigenvalue weighted by molar-refractivity contribution is 6.30. The van der Waals surface area contributed by atoms with Crippen LogP contribution in [0.25, 0.3) is 0 Å². The molecular formula is C12H13ClN2O. The summed E-state index contributed by atoms with van der Waals surface area (Å²) in [5, 5.41) is 3.76. The molecule has 1 aromatic carbocycles. The summed E-state index contributed by atoms with van der Waals surface area (Å²) < 4.78 is 5.55. The van der Waals surface area contributed by atoms with E-state index in [1.54, 1.807) is 6.20 Å². The second kappa shape index (κ2) is 5.14. The summed E-state index contributed by atoms with van der Waals surface area (Å²) in [6.45, 7) is 0.702. The molecule has 1 heterocycles. The maximum atomic E-state index is 5.81. The number of rotatable bonds is 4. The zero-order valence-electron chi connectivity index (χ0n) is 9.03. The number of hydrogen-bond donors (Lipinski definition) is 1. The van der Waals surface area contributed by atoms with Gasteiger partial charge in [-0.2, -0.15) is 0 Å². The monoisotopic (exact) mass is 236 g/mol. The van der Waals surface area contributed by atoms with Crippen molar-refractivity contribution in [1.82, 2.24) is 10.3 Å². The van der Waals surface area contributed by atoms with Gasteiger partial charge in [-0.25, -0.2) is 4.98 Å². The molecule has 0 amide bonds. The molecule has 84 valence electrons. The van der Waals surface area contributed by atoms with E-state index < -0.39 is 0 Å². The van der Waals surface area contributed by atoms with Crippen LogP contribution >= 0.6 is 11.6 Å². The van der Waals surface area contributed by atoms with Crippen molar-refractivity contribution >= 4 is 11.6 Å². The van der Waals surface area contributed by atoms with E-state index in [2.05, 4.69) is 10.3 Å². The maximum Gasteiger partial charge on any atom is 0.198 e. The Bertz CT molecular complexity index is 450. The van der Waals surface area contributed by atoms with E-state index >= 15 is 0 Å². The summed E-state index contributed by atoms with van der Waals surface area (Å²) in [6, 6.07) is 7.69. The van der Waals surface area contributed by atoms with Crippen LogP contribution in [-0.2, 0) is 13.0 Å². The van der Waals surface area contributed by atoms with Gasteiger partial charge in [-0.3, -0.25) is 0 Å². The lowest BCUT2D eigenvalue weighted by molar-refractivity contribution is 0.454. The Kier molecular flexibility index (Phi) is 3.59. The van der Waals surface area contributed by atoms with E-state index in [0.717, 1.165) is 22.2 Å². The summed E-state index contributed by atoms with van der Waals surface area (Å²) >= 11 is 5.81. The quantitative estimate of drug-likeness (QED) is 0.887. The first kappa shape index (κ1) is 11.2. The molecule has 1 aromatic heterocycles. The first-order chi connectivity index (χ1) is 7.78. The van der Waals surface area contributed by atoms with Crippen molar-refractivity contribution in [3.63, 3.8) is 0 Å². The zero-order chi connectivity index (χ0) is 11.4. The van der Waals surface area contributed by atoms with E-state index in [0.29, 0.717) is 13.0 Å². The lowest BCUT2D eigenvalue weighted by Gasteiger charge is -1.97. The third-order valence-electron chi connectivity index (χ3n) is 2.22. The van der Waals surface area contributed by atoms with Gasteiger partial charge in [0, 0.05) is 11.4 Å². The van der Waals surface area contributed by atoms with Crippen molar-refractivity contribution in [3.05, 3.63) is 52.7 Å². The minimum absolute atomic E-state index is 0.695. The van der Waals surface area contributed by atoms with Crippen LogP contribution in [0.3, 0.4) is 0 Å². The van der Waals surface area contributed by atoms with Crippen LogP contribution in [0.5, 0.6) is 0 Å². The highest BCUT2D eigenvalue weighted by Crippen LogP contribution is 2.13. The van der Waals surface area contributed by atoms with Crippen LogP contribution < -0.4 is 5.32 Å². The summed E-state index contributed by atoms with van der Waals surface area (Å²) in [6.07, 6.45) is 2.45. The molecule has 0 radical (unpaired) electrons. The summed E-state index contributed by atoms with van der Waals surface area (Å²) in [4.78, 5) is 4.21. The average Bonchev–Trinajstić information content (AvgIpc) is 2.70. The minimum Gasteiger partial charge on any atom is -0.444 e. The van der Waals surface area contributed by atoms with Crippen LogP contribution in [0, 0.1) is 0 Å². The smallest absolute Gasteiger partial charge is 0.198 e. The maximum absolute atomic E-state index is 5.81. The fourth-order valence-corrected chi connectivity index (χ4v) is 1.59. The van der Waals surface area contributed by atoms with Crippen LogP contribution in [0.1, 0.15) is 17.2 Å². The average molecular weight is 237 g/mol. The van der Waals surface area contributed by atoms with E-state index in [4.69, 9.17) is 16.0 Å². The molecule has 0 unspecified atom stereocenters. The van der Waals surface area contributed by atoms with Crippen molar-refractivity contribution in [3.8, 4) is 0 Å². The molecule has 2 aromatic rings. The van der Waals surface area contributed by atoms with Gasteiger partial charge in [-0.1, -0.05) is 23.7 Å². The number of benzene rings is 1. The van der Waals surface area contributed by atoms with Crippen LogP contribution in [0.2, 0.25) is 5.02 Å². The number of nitrogens with one attached hydrogen (secondary N) is 1. The van der Waals surface area contributed by atoms with Crippen molar-refractivity contribution in [1.29, 1.82) is 0 Å². The van der Waals surface area contributed by atoms with Crippen molar-refractivity contribution in [2.75, 3.05) is 7.05 Å². The summed E-state index contributed by atoms with van der Waals surface area (Å²) in [5.41, 5.74) is 1.14. The summed E-state index contributed by atoms with van der Waals surface area (Å²) in [7, 11) is 1.88. The van der Waals surface area contributed by atoms with Gasteiger partial charge in [-0.15, -0.1) is 0 Å². The highest BCUT2D eigenvalue weighted by atomic mass is 35.5. The predicted molar refractivity (Wildman–Crippen MR) is 63.5 cm³/mol. The molecule has 0 aliphatic rings. The van der Waals surface area contributed by atoms with Gasteiger partial charge in [0.1, 0.15) is 5.76 Å². The fraction of sp³-hybridized carbons (Fsp3) is 0.250. The topological polar surface area (TPSA) is 38.1 Å². The van der Waals surface area contributed by atoms with Crippen molar-refractivity contribution in [2.45, 2.75) is 13.0 Å². The Morgan fingerprint density at radius 1 is 1.31 bits per heavy atom. The van der Waals surface area contributed by atoms with Crippen LogP contribution in [-0.4, -0.2) is 12.0 Å². The SMILES string of the molecule is CNCc1cnc(Cc2ccc(Cl)cc2)o1. The molecule has 0 aliphatic heterocycles. The molecule has 4 heteroatoms. The Morgan fingerprint density at radius 2 is 2.06 bits per heavy atom. The molecule has 3 nitrogen and oxygen atoms in total. The van der Waals surface area contributed by atoms with Gasteiger partial charge < -0.3 is 9.73 Å². The third-order valence-corrected chi connectivity index (χ3v) is 2.47. The van der Waals surface area contributed by atoms with Crippen molar-refractivity contribution < 1.29 is 4.42 Å². The summed E-state index contributed by atoms with van der Waals surface area (Å²) in [5.74, 6) is 1.58. The molecule has 0 saturated heterocycles. The molecule has 1 N–H and O–H groups in total. The first-order valence-corrected chi connectivity index (χ1v) is 5.48. The van der Waals surface area contributed by atoms with E-state index in [9.17, 15) is 0 Å². The van der Waals surface area contributed by atoms with Gasteiger partial charge in [0.2, 0.25) is 0 Å². The number of halogens is 1. The van der Waals surface area contributed by atoms with Gasteiger partial charge in [0.25, 0.3) is 0 Å². The number of nitrogens with zero attached hydrogens (tertiary/aromatic N) is 1. The normalized spacial score (nSPS) is 10.6. The molecular weight excluding hydrogens is 224 g/mol. The molecule has 0 spiro atoms. The third kappa shape index (κ3) is 2.84. The van der Waals surface area contributed by atoms with E-state index in [-0.39, 0.29) is 0 Å². The Balaban J connectivity index is 2.05. The zero-order valence-corrected chi connectivity index (χ0v) is 9.79. The predicted octanol–water partition coefficient (Wildman–Crippen LogP) is 2.64. The molecule has 0 saturated carbocycles. The molecule has 0 bridgehead atoms. The molecule has 16 heavy (non-hydrogen) atoms. The number of oxazole rings is 1. The number of aromatic nitrogens is 1. The van der Waals surface area contributed by atoms with Gasteiger partial charge in [0.15, 0.2) is 5.89 Å². The molecule has 0 aliphatic carbocycles. The molecule has 2 rings (SSSR count).